The van der Waals surface area contributed by atoms with Crippen molar-refractivity contribution in [3.63, 3.8) is 0 Å². The van der Waals surface area contributed by atoms with Gasteiger partial charge in [-0.2, -0.15) is 0 Å². The van der Waals surface area contributed by atoms with E-state index in [0.29, 0.717) is 0 Å². The maximum Gasteiger partial charge on any atom is 0.167 e. The SMILES string of the molecule is CC(=O)COc1cc(C)ccc1C(C)(C)C. The highest BCUT2D eigenvalue weighted by Crippen LogP contribution is 2.31. The molecular weight excluding hydrogens is 200 g/mol. The van der Waals surface area contributed by atoms with E-state index in [9.17, 15) is 4.79 Å². The lowest BCUT2D eigenvalue weighted by Gasteiger charge is -2.23. The van der Waals surface area contributed by atoms with Gasteiger partial charge in [-0.25, -0.2) is 0 Å². The summed E-state index contributed by atoms with van der Waals surface area (Å²) in [6, 6.07) is 6.13. The number of benzene rings is 1. The zero-order valence-corrected chi connectivity index (χ0v) is 10.8. The van der Waals surface area contributed by atoms with Crippen LogP contribution in [0, 0.1) is 6.92 Å². The van der Waals surface area contributed by atoms with Gasteiger partial charge in [0.15, 0.2) is 5.78 Å². The van der Waals surface area contributed by atoms with Crippen LogP contribution in [0.2, 0.25) is 0 Å². The third kappa shape index (κ3) is 3.37. The van der Waals surface area contributed by atoms with Crippen LogP contribution in [0.3, 0.4) is 0 Å². The molecule has 1 aromatic carbocycles. The minimum atomic E-state index is 0.0276. The van der Waals surface area contributed by atoms with Crippen molar-refractivity contribution in [3.8, 4) is 5.75 Å². The van der Waals surface area contributed by atoms with Crippen molar-refractivity contribution >= 4 is 5.78 Å². The van der Waals surface area contributed by atoms with Crippen molar-refractivity contribution in [2.24, 2.45) is 0 Å². The summed E-state index contributed by atoms with van der Waals surface area (Å²) in [4.78, 5) is 10.9. The van der Waals surface area contributed by atoms with Gasteiger partial charge < -0.3 is 4.74 Å². The predicted molar refractivity (Wildman–Crippen MR) is 66.1 cm³/mol. The molecule has 2 heteroatoms. The van der Waals surface area contributed by atoms with Crippen molar-refractivity contribution in [3.05, 3.63) is 29.3 Å². The van der Waals surface area contributed by atoms with Crippen LogP contribution in [-0.2, 0) is 10.2 Å². The number of carbonyl (C=O) groups excluding carboxylic acids is 1. The molecule has 1 rings (SSSR count). The van der Waals surface area contributed by atoms with Gasteiger partial charge in [0.1, 0.15) is 12.4 Å². The molecule has 0 amide bonds. The van der Waals surface area contributed by atoms with Crippen molar-refractivity contribution < 1.29 is 9.53 Å². The lowest BCUT2D eigenvalue weighted by Crippen LogP contribution is -2.15. The number of hydrogen-bond acceptors (Lipinski definition) is 2. The Balaban J connectivity index is 3.04. The largest absolute Gasteiger partial charge is 0.486 e. The zero-order chi connectivity index (χ0) is 12.3. The first-order chi connectivity index (χ1) is 7.30. The normalized spacial score (nSPS) is 11.3. The van der Waals surface area contributed by atoms with E-state index in [4.69, 9.17) is 4.74 Å². The van der Waals surface area contributed by atoms with E-state index in [-0.39, 0.29) is 17.8 Å². The van der Waals surface area contributed by atoms with Crippen LogP contribution in [0.1, 0.15) is 38.8 Å². The van der Waals surface area contributed by atoms with Gasteiger partial charge in [0, 0.05) is 0 Å². The number of hydrogen-bond donors (Lipinski definition) is 0. The minimum Gasteiger partial charge on any atom is -0.486 e. The summed E-state index contributed by atoms with van der Waals surface area (Å²) in [6.45, 7) is 10.1. The van der Waals surface area contributed by atoms with Gasteiger partial charge in [-0.3, -0.25) is 4.79 Å². The van der Waals surface area contributed by atoms with Crippen LogP contribution in [-0.4, -0.2) is 12.4 Å². The molecule has 0 aliphatic rings. The summed E-state index contributed by atoms with van der Waals surface area (Å²) < 4.78 is 5.56. The summed E-state index contributed by atoms with van der Waals surface area (Å²) in [5, 5.41) is 0. The third-order valence-electron chi connectivity index (χ3n) is 2.38. The number of rotatable bonds is 3. The van der Waals surface area contributed by atoms with E-state index in [2.05, 4.69) is 32.9 Å². The number of carbonyl (C=O) groups is 1. The molecule has 0 N–H and O–H groups in total. The Bertz CT molecular complexity index is 386. The maximum atomic E-state index is 10.9. The average Bonchev–Trinajstić information content (AvgIpc) is 2.12. The first-order valence-corrected chi connectivity index (χ1v) is 5.54. The smallest absolute Gasteiger partial charge is 0.167 e. The monoisotopic (exact) mass is 220 g/mol. The van der Waals surface area contributed by atoms with E-state index >= 15 is 0 Å². The molecule has 1 aromatic rings. The fourth-order valence-corrected chi connectivity index (χ4v) is 1.55. The molecule has 0 aliphatic heterocycles. The molecule has 0 bridgehead atoms. The van der Waals surface area contributed by atoms with Crippen LogP contribution in [0.5, 0.6) is 5.75 Å². The standard InChI is InChI=1S/C14H20O2/c1-10-6-7-12(14(3,4)5)13(8-10)16-9-11(2)15/h6-8H,9H2,1-5H3. The number of Topliss-reactive ketones (excluding diaryl/α,β-unsaturated/α-hetero) is 1. The van der Waals surface area contributed by atoms with E-state index < -0.39 is 0 Å². The van der Waals surface area contributed by atoms with E-state index in [1.807, 2.05) is 13.0 Å². The van der Waals surface area contributed by atoms with E-state index in [0.717, 1.165) is 16.9 Å². The molecule has 0 aliphatic carbocycles. The Labute approximate surface area is 97.6 Å². The quantitative estimate of drug-likeness (QED) is 0.781. The number of ether oxygens (including phenoxy) is 1. The van der Waals surface area contributed by atoms with Gasteiger partial charge in [-0.05, 0) is 36.5 Å². The molecule has 0 radical (unpaired) electrons. The fraction of sp³-hybridized carbons (Fsp3) is 0.500. The Hall–Kier alpha value is -1.31. The molecule has 16 heavy (non-hydrogen) atoms. The molecular formula is C14H20O2. The Kier molecular flexibility index (Phi) is 3.74. The first kappa shape index (κ1) is 12.8. The van der Waals surface area contributed by atoms with Crippen molar-refractivity contribution in [2.75, 3.05) is 6.61 Å². The number of ketones is 1. The Morgan fingerprint density at radius 2 is 1.94 bits per heavy atom. The van der Waals surface area contributed by atoms with Crippen LogP contribution in [0.4, 0.5) is 0 Å². The van der Waals surface area contributed by atoms with Gasteiger partial charge in [0.2, 0.25) is 0 Å². The molecule has 88 valence electrons. The fourth-order valence-electron chi connectivity index (χ4n) is 1.55. The third-order valence-corrected chi connectivity index (χ3v) is 2.38. The highest BCUT2D eigenvalue weighted by atomic mass is 16.5. The maximum absolute atomic E-state index is 10.9. The van der Waals surface area contributed by atoms with Crippen molar-refractivity contribution in [1.82, 2.24) is 0 Å². The van der Waals surface area contributed by atoms with Crippen LogP contribution >= 0.6 is 0 Å². The summed E-state index contributed by atoms with van der Waals surface area (Å²) in [6.07, 6.45) is 0. The molecule has 0 unspecified atom stereocenters. The zero-order valence-electron chi connectivity index (χ0n) is 10.8. The van der Waals surface area contributed by atoms with Crippen LogP contribution < -0.4 is 4.74 Å². The average molecular weight is 220 g/mol. The molecule has 2 nitrogen and oxygen atoms in total. The summed E-state index contributed by atoms with van der Waals surface area (Å²) in [7, 11) is 0. The highest BCUT2D eigenvalue weighted by Gasteiger charge is 2.19. The summed E-state index contributed by atoms with van der Waals surface area (Å²) >= 11 is 0. The van der Waals surface area contributed by atoms with Gasteiger partial charge in [0.25, 0.3) is 0 Å². The molecule has 0 saturated carbocycles. The molecule has 0 heterocycles. The van der Waals surface area contributed by atoms with Crippen molar-refractivity contribution in [1.29, 1.82) is 0 Å². The van der Waals surface area contributed by atoms with E-state index in [1.165, 1.54) is 6.92 Å². The van der Waals surface area contributed by atoms with Gasteiger partial charge in [-0.1, -0.05) is 32.9 Å². The highest BCUT2D eigenvalue weighted by molar-refractivity contribution is 5.77. The molecule has 0 saturated heterocycles. The van der Waals surface area contributed by atoms with Gasteiger partial charge in [-0.15, -0.1) is 0 Å². The van der Waals surface area contributed by atoms with Crippen LogP contribution in [0.25, 0.3) is 0 Å². The van der Waals surface area contributed by atoms with Crippen LogP contribution in [0.15, 0.2) is 18.2 Å². The predicted octanol–water partition coefficient (Wildman–Crippen LogP) is 3.26. The van der Waals surface area contributed by atoms with Gasteiger partial charge >= 0.3 is 0 Å². The van der Waals surface area contributed by atoms with Crippen molar-refractivity contribution in [2.45, 2.75) is 40.0 Å². The Morgan fingerprint density at radius 1 is 1.31 bits per heavy atom. The lowest BCUT2D eigenvalue weighted by molar-refractivity contribution is -0.118. The second-order valence-electron chi connectivity index (χ2n) is 5.24. The Morgan fingerprint density at radius 3 is 2.44 bits per heavy atom. The first-order valence-electron chi connectivity index (χ1n) is 5.54. The summed E-state index contributed by atoms with van der Waals surface area (Å²) in [5.41, 5.74) is 2.31. The lowest BCUT2D eigenvalue weighted by atomic mass is 9.86. The topological polar surface area (TPSA) is 26.3 Å². The second kappa shape index (κ2) is 4.69. The van der Waals surface area contributed by atoms with Gasteiger partial charge in [0.05, 0.1) is 0 Å². The van der Waals surface area contributed by atoms with E-state index in [1.54, 1.807) is 0 Å². The second-order valence-corrected chi connectivity index (χ2v) is 5.24. The minimum absolute atomic E-state index is 0.0276. The summed E-state index contributed by atoms with van der Waals surface area (Å²) in [5.74, 6) is 0.865. The molecule has 0 fully saturated rings. The molecule has 0 spiro atoms. The molecule has 0 atom stereocenters. The number of aryl methyl sites for hydroxylation is 1. The molecule has 0 aromatic heterocycles.